The fourth-order valence-electron chi connectivity index (χ4n) is 1.61. The molecule has 0 radical (unpaired) electrons. The highest BCUT2D eigenvalue weighted by molar-refractivity contribution is 7.90. The van der Waals surface area contributed by atoms with E-state index in [1.54, 1.807) is 4.68 Å². The molecule has 7 nitrogen and oxygen atoms in total. The van der Waals surface area contributed by atoms with Crippen LogP contribution in [0, 0.1) is 0 Å². The molecule has 0 amide bonds. The first kappa shape index (κ1) is 15.0. The molecule has 1 N–H and O–H groups in total. The maximum Gasteiger partial charge on any atom is 0.167 e. The maximum atomic E-state index is 11.0. The second kappa shape index (κ2) is 6.79. The van der Waals surface area contributed by atoms with Gasteiger partial charge in [0.1, 0.15) is 9.84 Å². The zero-order valence-corrected chi connectivity index (χ0v) is 11.9. The van der Waals surface area contributed by atoms with Gasteiger partial charge < -0.3 is 5.32 Å². The molecule has 104 valence electrons. The Bertz CT molecular complexity index is 457. The molecule has 0 aliphatic carbocycles. The molecule has 0 bridgehead atoms. The van der Waals surface area contributed by atoms with Crippen molar-refractivity contribution >= 4 is 9.84 Å². The number of rotatable bonds is 8. The predicted molar refractivity (Wildman–Crippen MR) is 68.9 cm³/mol. The Balaban J connectivity index is 2.54. The summed E-state index contributed by atoms with van der Waals surface area (Å²) in [6.07, 6.45) is 2.80. The number of tetrazole rings is 1. The van der Waals surface area contributed by atoms with Crippen molar-refractivity contribution in [3.8, 4) is 0 Å². The van der Waals surface area contributed by atoms with Crippen LogP contribution in [0.1, 0.15) is 38.6 Å². The zero-order chi connectivity index (χ0) is 13.6. The standard InChI is InChI=1S/C10H21N5O2S/c1-4-6-11-9(2)10-12-13-14-15(10)7-5-8-18(3,16)17/h9,11H,4-8H2,1-3H3. The Hall–Kier alpha value is -1.02. The molecular weight excluding hydrogens is 254 g/mol. The van der Waals surface area contributed by atoms with Crippen molar-refractivity contribution < 1.29 is 8.42 Å². The van der Waals surface area contributed by atoms with Crippen molar-refractivity contribution in [3.05, 3.63) is 5.82 Å². The molecule has 0 aliphatic heterocycles. The summed E-state index contributed by atoms with van der Waals surface area (Å²) < 4.78 is 23.8. The average Bonchev–Trinajstić information content (AvgIpc) is 2.72. The lowest BCUT2D eigenvalue weighted by molar-refractivity contribution is 0.482. The molecule has 0 aromatic carbocycles. The van der Waals surface area contributed by atoms with Gasteiger partial charge in [-0.2, -0.15) is 0 Å². The Labute approximate surface area is 108 Å². The van der Waals surface area contributed by atoms with Crippen molar-refractivity contribution in [2.75, 3.05) is 18.6 Å². The van der Waals surface area contributed by atoms with E-state index in [0.29, 0.717) is 13.0 Å². The van der Waals surface area contributed by atoms with Gasteiger partial charge in [0.25, 0.3) is 0 Å². The third kappa shape index (κ3) is 5.09. The largest absolute Gasteiger partial charge is 0.307 e. The fourth-order valence-corrected chi connectivity index (χ4v) is 2.26. The zero-order valence-electron chi connectivity index (χ0n) is 11.1. The first-order valence-corrected chi connectivity index (χ1v) is 8.17. The molecule has 1 aromatic heterocycles. The van der Waals surface area contributed by atoms with Gasteiger partial charge in [-0.25, -0.2) is 13.1 Å². The number of hydrogen-bond donors (Lipinski definition) is 1. The second-order valence-corrected chi connectivity index (χ2v) is 6.68. The van der Waals surface area contributed by atoms with E-state index in [0.717, 1.165) is 18.8 Å². The van der Waals surface area contributed by atoms with Crippen LogP contribution in [0.15, 0.2) is 0 Å². The van der Waals surface area contributed by atoms with Crippen LogP contribution in [0.3, 0.4) is 0 Å². The van der Waals surface area contributed by atoms with Crippen molar-refractivity contribution in [2.24, 2.45) is 0 Å². The van der Waals surface area contributed by atoms with Crippen LogP contribution in [-0.4, -0.2) is 47.2 Å². The van der Waals surface area contributed by atoms with Gasteiger partial charge >= 0.3 is 0 Å². The normalized spacial score (nSPS) is 13.7. The third-order valence-corrected chi connectivity index (χ3v) is 3.56. The average molecular weight is 275 g/mol. The van der Waals surface area contributed by atoms with E-state index in [2.05, 4.69) is 27.8 Å². The molecule has 0 saturated heterocycles. The van der Waals surface area contributed by atoms with Gasteiger partial charge in [-0.15, -0.1) is 5.10 Å². The topological polar surface area (TPSA) is 89.8 Å². The highest BCUT2D eigenvalue weighted by Gasteiger charge is 2.13. The molecule has 0 spiro atoms. The van der Waals surface area contributed by atoms with Crippen LogP contribution in [0.4, 0.5) is 0 Å². The summed E-state index contributed by atoms with van der Waals surface area (Å²) in [5, 5.41) is 14.8. The molecule has 1 atom stereocenters. The number of nitrogens with one attached hydrogen (secondary N) is 1. The van der Waals surface area contributed by atoms with Crippen molar-refractivity contribution in [1.29, 1.82) is 0 Å². The maximum absolute atomic E-state index is 11.0. The Kier molecular flexibility index (Phi) is 5.67. The third-order valence-electron chi connectivity index (χ3n) is 2.53. The number of aryl methyl sites for hydroxylation is 1. The van der Waals surface area contributed by atoms with Crippen LogP contribution in [0.5, 0.6) is 0 Å². The van der Waals surface area contributed by atoms with E-state index < -0.39 is 9.84 Å². The molecule has 0 saturated carbocycles. The minimum absolute atomic E-state index is 0.0678. The van der Waals surface area contributed by atoms with E-state index in [1.165, 1.54) is 6.26 Å². The number of sulfone groups is 1. The predicted octanol–water partition coefficient (Wildman–Crippen LogP) is 0.168. The summed E-state index contributed by atoms with van der Waals surface area (Å²) in [6, 6.07) is 0.0678. The van der Waals surface area contributed by atoms with E-state index >= 15 is 0 Å². The molecule has 0 aliphatic rings. The van der Waals surface area contributed by atoms with Crippen LogP contribution in [-0.2, 0) is 16.4 Å². The quantitative estimate of drug-likeness (QED) is 0.727. The lowest BCUT2D eigenvalue weighted by atomic mass is 10.3. The minimum atomic E-state index is -2.92. The first-order chi connectivity index (χ1) is 8.44. The van der Waals surface area contributed by atoms with Crippen LogP contribution in [0.25, 0.3) is 0 Å². The lowest BCUT2D eigenvalue weighted by Gasteiger charge is -2.12. The Morgan fingerprint density at radius 3 is 2.78 bits per heavy atom. The molecule has 1 heterocycles. The van der Waals surface area contributed by atoms with Crippen LogP contribution < -0.4 is 5.32 Å². The molecular formula is C10H21N5O2S. The second-order valence-electron chi connectivity index (χ2n) is 4.42. The Morgan fingerprint density at radius 2 is 2.17 bits per heavy atom. The number of aromatic nitrogens is 4. The van der Waals surface area contributed by atoms with Gasteiger partial charge in [-0.05, 0) is 36.7 Å². The van der Waals surface area contributed by atoms with Crippen LogP contribution >= 0.6 is 0 Å². The highest BCUT2D eigenvalue weighted by atomic mass is 32.2. The number of hydrogen-bond acceptors (Lipinski definition) is 6. The fraction of sp³-hybridized carbons (Fsp3) is 0.900. The van der Waals surface area contributed by atoms with Gasteiger partial charge in [0.15, 0.2) is 5.82 Å². The minimum Gasteiger partial charge on any atom is -0.307 e. The molecule has 1 rings (SSSR count). The van der Waals surface area contributed by atoms with Crippen LogP contribution in [0.2, 0.25) is 0 Å². The Morgan fingerprint density at radius 1 is 1.44 bits per heavy atom. The van der Waals surface area contributed by atoms with Crippen molar-refractivity contribution in [3.63, 3.8) is 0 Å². The van der Waals surface area contributed by atoms with Gasteiger partial charge in [0.2, 0.25) is 0 Å². The summed E-state index contributed by atoms with van der Waals surface area (Å²) in [5.41, 5.74) is 0. The SMILES string of the molecule is CCCNC(C)c1nnnn1CCCS(C)(=O)=O. The summed E-state index contributed by atoms with van der Waals surface area (Å²) in [4.78, 5) is 0. The first-order valence-electron chi connectivity index (χ1n) is 6.11. The monoisotopic (exact) mass is 275 g/mol. The molecule has 18 heavy (non-hydrogen) atoms. The van der Waals surface area contributed by atoms with Gasteiger partial charge in [-0.1, -0.05) is 6.92 Å². The van der Waals surface area contributed by atoms with E-state index in [4.69, 9.17) is 0 Å². The van der Waals surface area contributed by atoms with Gasteiger partial charge in [0, 0.05) is 12.8 Å². The number of nitrogens with zero attached hydrogens (tertiary/aromatic N) is 4. The smallest absolute Gasteiger partial charge is 0.167 e. The molecule has 1 aromatic rings. The molecule has 8 heteroatoms. The lowest BCUT2D eigenvalue weighted by Crippen LogP contribution is -2.23. The molecule has 1 unspecified atom stereocenters. The summed E-state index contributed by atoms with van der Waals surface area (Å²) in [7, 11) is -2.92. The van der Waals surface area contributed by atoms with E-state index in [-0.39, 0.29) is 11.8 Å². The summed E-state index contributed by atoms with van der Waals surface area (Å²) >= 11 is 0. The summed E-state index contributed by atoms with van der Waals surface area (Å²) in [5.74, 6) is 0.903. The van der Waals surface area contributed by atoms with E-state index in [1.807, 2.05) is 6.92 Å². The van der Waals surface area contributed by atoms with Crippen molar-refractivity contribution in [2.45, 2.75) is 39.3 Å². The van der Waals surface area contributed by atoms with Crippen molar-refractivity contribution in [1.82, 2.24) is 25.5 Å². The highest BCUT2D eigenvalue weighted by Crippen LogP contribution is 2.08. The van der Waals surface area contributed by atoms with E-state index in [9.17, 15) is 8.42 Å². The summed E-state index contributed by atoms with van der Waals surface area (Å²) in [6.45, 7) is 5.51. The molecule has 0 fully saturated rings. The van der Waals surface area contributed by atoms with Gasteiger partial charge in [-0.3, -0.25) is 0 Å². The van der Waals surface area contributed by atoms with Gasteiger partial charge in [0.05, 0.1) is 11.8 Å².